The van der Waals surface area contributed by atoms with Gasteiger partial charge >= 0.3 is 0 Å². The molecule has 1 saturated carbocycles. The van der Waals surface area contributed by atoms with Crippen LogP contribution in [-0.4, -0.2) is 21.8 Å². The van der Waals surface area contributed by atoms with Crippen molar-refractivity contribution >= 4 is 5.69 Å². The number of anilines is 1. The number of aliphatic hydroxyl groups is 1. The zero-order valence-corrected chi connectivity index (χ0v) is 11.1. The monoisotopic (exact) mass is 250 g/mol. The molecule has 0 spiro atoms. The third-order valence-electron chi connectivity index (χ3n) is 3.43. The number of nitrogens with zero attached hydrogens (tertiary/aromatic N) is 1. The van der Waals surface area contributed by atoms with Gasteiger partial charge in [0.1, 0.15) is 5.69 Å². The fraction of sp³-hybridized carbons (Fsp3) is 0.643. The maximum atomic E-state index is 12.3. The highest BCUT2D eigenvalue weighted by Crippen LogP contribution is 2.27. The Balaban J connectivity index is 2.25. The van der Waals surface area contributed by atoms with Gasteiger partial charge < -0.3 is 15.0 Å². The van der Waals surface area contributed by atoms with Crippen molar-refractivity contribution in [3.63, 3.8) is 0 Å². The molecular weight excluding hydrogens is 228 g/mol. The Morgan fingerprint density at radius 2 is 2.22 bits per heavy atom. The second kappa shape index (κ2) is 5.57. The standard InChI is InChI=1S/C14H22N2O2/c1-10(2)15-13-7-4-8-16(14(13)18)11-5-3-6-12(17)9-11/h4,7-8,10-12,15,17H,3,5-6,9H2,1-2H3/t11-,12-/m0/s1. The Morgan fingerprint density at radius 1 is 1.44 bits per heavy atom. The van der Waals surface area contributed by atoms with E-state index in [0.717, 1.165) is 19.3 Å². The van der Waals surface area contributed by atoms with Crippen LogP contribution in [0.4, 0.5) is 5.69 Å². The molecule has 0 aliphatic heterocycles. The topological polar surface area (TPSA) is 54.3 Å². The first-order valence-corrected chi connectivity index (χ1v) is 6.73. The predicted molar refractivity (Wildman–Crippen MR) is 73.0 cm³/mol. The Kier molecular flexibility index (Phi) is 4.07. The van der Waals surface area contributed by atoms with Gasteiger partial charge in [0.15, 0.2) is 0 Å². The van der Waals surface area contributed by atoms with Gasteiger partial charge in [0, 0.05) is 18.3 Å². The van der Waals surface area contributed by atoms with Gasteiger partial charge in [-0.25, -0.2) is 0 Å². The van der Waals surface area contributed by atoms with Gasteiger partial charge in [-0.2, -0.15) is 0 Å². The Bertz CT molecular complexity index is 453. The van der Waals surface area contributed by atoms with Crippen LogP contribution in [0.5, 0.6) is 0 Å². The average molecular weight is 250 g/mol. The van der Waals surface area contributed by atoms with Crippen molar-refractivity contribution in [3.8, 4) is 0 Å². The van der Waals surface area contributed by atoms with Crippen molar-refractivity contribution in [2.75, 3.05) is 5.32 Å². The van der Waals surface area contributed by atoms with E-state index in [1.165, 1.54) is 0 Å². The number of aliphatic hydroxyl groups excluding tert-OH is 1. The average Bonchev–Trinajstić information content (AvgIpc) is 2.31. The van der Waals surface area contributed by atoms with Crippen LogP contribution in [0.25, 0.3) is 0 Å². The first kappa shape index (κ1) is 13.1. The Labute approximate surface area is 108 Å². The lowest BCUT2D eigenvalue weighted by molar-refractivity contribution is 0.103. The van der Waals surface area contributed by atoms with Crippen molar-refractivity contribution in [1.29, 1.82) is 0 Å². The molecule has 1 aliphatic rings. The summed E-state index contributed by atoms with van der Waals surface area (Å²) in [5.74, 6) is 0. The van der Waals surface area contributed by atoms with Crippen LogP contribution >= 0.6 is 0 Å². The maximum Gasteiger partial charge on any atom is 0.274 e. The number of hydrogen-bond acceptors (Lipinski definition) is 3. The highest BCUT2D eigenvalue weighted by atomic mass is 16.3. The highest BCUT2D eigenvalue weighted by molar-refractivity contribution is 5.41. The first-order valence-electron chi connectivity index (χ1n) is 6.73. The number of aromatic nitrogens is 1. The number of nitrogens with one attached hydrogen (secondary N) is 1. The quantitative estimate of drug-likeness (QED) is 0.864. The minimum Gasteiger partial charge on any atom is -0.393 e. The summed E-state index contributed by atoms with van der Waals surface area (Å²) in [5, 5.41) is 12.9. The molecule has 1 aromatic rings. The third-order valence-corrected chi connectivity index (χ3v) is 3.43. The molecule has 4 heteroatoms. The molecular formula is C14H22N2O2. The summed E-state index contributed by atoms with van der Waals surface area (Å²) in [4.78, 5) is 12.3. The molecule has 0 saturated heterocycles. The van der Waals surface area contributed by atoms with Gasteiger partial charge in [0.2, 0.25) is 0 Å². The van der Waals surface area contributed by atoms with Crippen LogP contribution in [0, 0.1) is 0 Å². The van der Waals surface area contributed by atoms with Crippen molar-refractivity contribution in [3.05, 3.63) is 28.7 Å². The molecule has 0 radical (unpaired) electrons. The van der Waals surface area contributed by atoms with Gasteiger partial charge in [-0.1, -0.05) is 0 Å². The molecule has 1 aliphatic carbocycles. The van der Waals surface area contributed by atoms with Gasteiger partial charge in [-0.15, -0.1) is 0 Å². The van der Waals surface area contributed by atoms with Crippen LogP contribution in [0.3, 0.4) is 0 Å². The van der Waals surface area contributed by atoms with Crippen LogP contribution < -0.4 is 10.9 Å². The largest absolute Gasteiger partial charge is 0.393 e. The lowest BCUT2D eigenvalue weighted by atomic mass is 9.93. The Hall–Kier alpha value is -1.29. The maximum absolute atomic E-state index is 12.3. The fourth-order valence-electron chi connectivity index (χ4n) is 2.61. The van der Waals surface area contributed by atoms with Crippen LogP contribution in [0.1, 0.15) is 45.6 Å². The molecule has 0 bridgehead atoms. The summed E-state index contributed by atoms with van der Waals surface area (Å²) >= 11 is 0. The van der Waals surface area contributed by atoms with Gasteiger partial charge in [-0.3, -0.25) is 4.79 Å². The molecule has 1 aromatic heterocycles. The summed E-state index contributed by atoms with van der Waals surface area (Å²) in [5.41, 5.74) is 0.665. The third kappa shape index (κ3) is 2.93. The van der Waals surface area contributed by atoms with Gasteiger partial charge in [0.25, 0.3) is 5.56 Å². The smallest absolute Gasteiger partial charge is 0.274 e. The van der Waals surface area contributed by atoms with E-state index in [2.05, 4.69) is 5.32 Å². The van der Waals surface area contributed by atoms with Crippen LogP contribution in [0.2, 0.25) is 0 Å². The van der Waals surface area contributed by atoms with E-state index < -0.39 is 0 Å². The molecule has 0 aromatic carbocycles. The molecule has 4 nitrogen and oxygen atoms in total. The SMILES string of the molecule is CC(C)Nc1cccn([C@H]2CCC[C@H](O)C2)c1=O. The highest BCUT2D eigenvalue weighted by Gasteiger charge is 2.22. The second-order valence-electron chi connectivity index (χ2n) is 5.41. The summed E-state index contributed by atoms with van der Waals surface area (Å²) in [7, 11) is 0. The van der Waals surface area contributed by atoms with E-state index in [0.29, 0.717) is 12.1 Å². The van der Waals surface area contributed by atoms with Crippen molar-refractivity contribution < 1.29 is 5.11 Å². The van der Waals surface area contributed by atoms with E-state index in [1.54, 1.807) is 4.57 Å². The van der Waals surface area contributed by atoms with Crippen molar-refractivity contribution in [1.82, 2.24) is 4.57 Å². The zero-order chi connectivity index (χ0) is 13.1. The summed E-state index contributed by atoms with van der Waals surface area (Å²) in [6.45, 7) is 4.03. The zero-order valence-electron chi connectivity index (χ0n) is 11.1. The van der Waals surface area contributed by atoms with E-state index in [-0.39, 0.29) is 23.7 Å². The van der Waals surface area contributed by atoms with E-state index in [4.69, 9.17) is 0 Å². The first-order chi connectivity index (χ1) is 8.58. The normalized spacial score (nSPS) is 24.2. The lowest BCUT2D eigenvalue weighted by Gasteiger charge is -2.28. The van der Waals surface area contributed by atoms with E-state index in [9.17, 15) is 9.90 Å². The molecule has 0 unspecified atom stereocenters. The molecule has 2 N–H and O–H groups in total. The predicted octanol–water partition coefficient (Wildman–Crippen LogP) is 2.14. The van der Waals surface area contributed by atoms with Crippen molar-refractivity contribution in [2.45, 2.75) is 57.7 Å². The summed E-state index contributed by atoms with van der Waals surface area (Å²) in [6.07, 6.45) is 5.07. The Morgan fingerprint density at radius 3 is 2.89 bits per heavy atom. The molecule has 0 amide bonds. The second-order valence-corrected chi connectivity index (χ2v) is 5.41. The molecule has 2 rings (SSSR count). The van der Waals surface area contributed by atoms with Gasteiger partial charge in [-0.05, 0) is 51.7 Å². The molecule has 18 heavy (non-hydrogen) atoms. The molecule has 1 heterocycles. The number of rotatable bonds is 3. The molecule has 2 atom stereocenters. The van der Waals surface area contributed by atoms with Crippen molar-refractivity contribution in [2.24, 2.45) is 0 Å². The number of hydrogen-bond donors (Lipinski definition) is 2. The minimum atomic E-state index is -0.266. The molecule has 1 fully saturated rings. The van der Waals surface area contributed by atoms with E-state index >= 15 is 0 Å². The lowest BCUT2D eigenvalue weighted by Crippen LogP contribution is -2.32. The minimum absolute atomic E-state index is 0.0188. The number of pyridine rings is 1. The van der Waals surface area contributed by atoms with Gasteiger partial charge in [0.05, 0.1) is 6.10 Å². The van der Waals surface area contributed by atoms with E-state index in [1.807, 2.05) is 32.2 Å². The summed E-state index contributed by atoms with van der Waals surface area (Å²) in [6, 6.07) is 4.09. The summed E-state index contributed by atoms with van der Waals surface area (Å²) < 4.78 is 1.77. The molecule has 100 valence electrons. The van der Waals surface area contributed by atoms with Crippen LogP contribution in [0.15, 0.2) is 23.1 Å². The fourth-order valence-corrected chi connectivity index (χ4v) is 2.61. The van der Waals surface area contributed by atoms with Crippen LogP contribution in [-0.2, 0) is 0 Å².